The average molecular weight is 397 g/mol. The van der Waals surface area contributed by atoms with Crippen LogP contribution in [0.5, 0.6) is 0 Å². The molecule has 5 rings (SSSR count). The summed E-state index contributed by atoms with van der Waals surface area (Å²) in [5, 5.41) is 1.89. The van der Waals surface area contributed by atoms with Crippen LogP contribution in [0.4, 0.5) is 0 Å². The van der Waals surface area contributed by atoms with Crippen LogP contribution in [0.2, 0.25) is 0 Å². The maximum atomic E-state index is 8.62. The van der Waals surface area contributed by atoms with Crippen molar-refractivity contribution in [1.82, 2.24) is 4.98 Å². The van der Waals surface area contributed by atoms with E-state index in [-0.39, 0.29) is 11.1 Å². The van der Waals surface area contributed by atoms with E-state index >= 15 is 0 Å². The molecule has 0 N–H and O–H groups in total. The molecule has 0 saturated carbocycles. The Bertz CT molecular complexity index is 1530. The quantitative estimate of drug-likeness (QED) is 0.309. The van der Waals surface area contributed by atoms with Crippen LogP contribution in [-0.4, -0.2) is 4.98 Å². The van der Waals surface area contributed by atoms with Crippen molar-refractivity contribution in [2.24, 2.45) is 5.92 Å². The van der Waals surface area contributed by atoms with E-state index in [0.717, 1.165) is 27.5 Å². The highest BCUT2D eigenvalue weighted by Gasteiger charge is 2.15. The molecule has 0 amide bonds. The molecule has 0 aliphatic heterocycles. The molecule has 0 atom stereocenters. The van der Waals surface area contributed by atoms with E-state index in [1.807, 2.05) is 48.5 Å². The Kier molecular flexibility index (Phi) is 3.42. The lowest BCUT2D eigenvalue weighted by Gasteiger charge is -2.10. The largest absolute Gasteiger partial charge is 0.455 e. The number of nitrogens with zero attached hydrogens (tertiary/aromatic N) is 1. The van der Waals surface area contributed by atoms with Crippen molar-refractivity contribution in [1.29, 1.82) is 0 Å². The third-order valence-corrected chi connectivity index (χ3v) is 5.23. The molecule has 0 fully saturated rings. The second kappa shape index (κ2) is 7.46. The topological polar surface area (TPSA) is 26.0 Å². The van der Waals surface area contributed by atoms with E-state index < -0.39 is 19.1 Å². The summed E-state index contributed by atoms with van der Waals surface area (Å²) in [5.74, 6) is -0.419. The van der Waals surface area contributed by atoms with E-state index in [9.17, 15) is 0 Å². The summed E-state index contributed by atoms with van der Waals surface area (Å²) in [5.41, 5.74) is 4.76. The van der Waals surface area contributed by atoms with Crippen LogP contribution >= 0.6 is 0 Å². The van der Waals surface area contributed by atoms with E-state index in [4.69, 9.17) is 11.3 Å². The smallest absolute Gasteiger partial charge is 0.144 e. The van der Waals surface area contributed by atoms with Gasteiger partial charge in [-0.3, -0.25) is 4.98 Å². The summed E-state index contributed by atoms with van der Waals surface area (Å²) in [7, 11) is 0. The summed E-state index contributed by atoms with van der Waals surface area (Å²) in [6, 6.07) is 23.5. The number of furan rings is 1. The van der Waals surface area contributed by atoms with Gasteiger partial charge in [-0.05, 0) is 65.7 Å². The lowest BCUT2D eigenvalue weighted by molar-refractivity contribution is 0.644. The number of pyridine rings is 1. The monoisotopic (exact) mass is 396 g/mol. The highest BCUT2D eigenvalue weighted by molar-refractivity contribution is 6.10. The Balaban J connectivity index is 1.71. The highest BCUT2D eigenvalue weighted by atomic mass is 16.3. The summed E-state index contributed by atoms with van der Waals surface area (Å²) in [6.45, 7) is 1.02. The molecule has 2 aromatic heterocycles. The first-order chi connectivity index (χ1) is 16.6. The molecule has 2 heterocycles. The number of fused-ring (bicyclic) bond motifs is 3. The van der Waals surface area contributed by atoms with E-state index in [1.54, 1.807) is 19.9 Å². The van der Waals surface area contributed by atoms with Gasteiger partial charge in [-0.1, -0.05) is 62.4 Å². The number of benzene rings is 3. The van der Waals surface area contributed by atoms with Crippen molar-refractivity contribution in [3.63, 3.8) is 0 Å². The molecule has 5 aromatic rings. The molecule has 0 unspecified atom stereocenters. The number of para-hydroxylation sites is 1. The lowest BCUT2D eigenvalue weighted by atomic mass is 9.97. The summed E-state index contributed by atoms with van der Waals surface area (Å²) >= 11 is 0. The van der Waals surface area contributed by atoms with E-state index in [0.29, 0.717) is 16.8 Å². The number of rotatable bonds is 4. The molecule has 0 saturated heterocycles. The minimum Gasteiger partial charge on any atom is -0.455 e. The number of aromatic nitrogens is 1. The first-order valence-electron chi connectivity index (χ1n) is 12.6. The Morgan fingerprint density at radius 3 is 2.60 bits per heavy atom. The van der Waals surface area contributed by atoms with Crippen molar-refractivity contribution in [2.75, 3.05) is 0 Å². The van der Waals surface area contributed by atoms with Crippen LogP contribution < -0.4 is 0 Å². The highest BCUT2D eigenvalue weighted by Crippen LogP contribution is 2.37. The van der Waals surface area contributed by atoms with Crippen molar-refractivity contribution < 1.29 is 11.3 Å². The fourth-order valence-electron chi connectivity index (χ4n) is 3.84. The fraction of sp³-hybridized carbons (Fsp3) is 0.179. The van der Waals surface area contributed by atoms with Gasteiger partial charge in [-0.15, -0.1) is 0 Å². The van der Waals surface area contributed by atoms with Crippen molar-refractivity contribution in [3.8, 4) is 22.4 Å². The first kappa shape index (κ1) is 13.8. The van der Waals surface area contributed by atoms with Gasteiger partial charge in [0.2, 0.25) is 0 Å². The number of aryl methyl sites for hydroxylation is 1. The molecule has 0 radical (unpaired) electrons. The number of hydrogen-bond donors (Lipinski definition) is 0. The molecule has 3 aromatic carbocycles. The molecule has 148 valence electrons. The molecule has 0 spiro atoms. The average Bonchev–Trinajstić information content (AvgIpc) is 3.21. The SMILES string of the molecule is [2H]C([2H])([2H])c1cnc(-c2cccc3c2oc2cc(-c4ccccc4)ccc23)cc1C([2H])([2H])C(C)C. The van der Waals surface area contributed by atoms with Crippen LogP contribution in [0.25, 0.3) is 44.3 Å². The molecular weight excluding hydrogens is 366 g/mol. The van der Waals surface area contributed by atoms with Gasteiger partial charge in [0, 0.05) is 29.4 Å². The first-order valence-corrected chi connectivity index (χ1v) is 10.1. The Hall–Kier alpha value is -3.39. The van der Waals surface area contributed by atoms with Gasteiger partial charge in [-0.25, -0.2) is 0 Å². The maximum Gasteiger partial charge on any atom is 0.144 e. The molecule has 0 aliphatic rings. The lowest BCUT2D eigenvalue weighted by Crippen LogP contribution is -1.99. The second-order valence-corrected chi connectivity index (χ2v) is 7.78. The Morgan fingerprint density at radius 1 is 0.933 bits per heavy atom. The van der Waals surface area contributed by atoms with Gasteiger partial charge in [0.25, 0.3) is 0 Å². The third-order valence-electron chi connectivity index (χ3n) is 5.23. The summed E-state index contributed by atoms with van der Waals surface area (Å²) < 4.78 is 47.3. The minimum atomic E-state index is -2.47. The second-order valence-electron chi connectivity index (χ2n) is 7.78. The maximum absolute atomic E-state index is 8.62. The van der Waals surface area contributed by atoms with Crippen molar-refractivity contribution in [3.05, 3.63) is 90.1 Å². The van der Waals surface area contributed by atoms with Gasteiger partial charge in [0.1, 0.15) is 11.2 Å². The van der Waals surface area contributed by atoms with Gasteiger partial charge in [0.05, 0.1) is 5.69 Å². The third kappa shape index (κ3) is 3.29. The molecular formula is C28H25NO. The van der Waals surface area contributed by atoms with Crippen LogP contribution in [0.15, 0.2) is 83.4 Å². The fourth-order valence-corrected chi connectivity index (χ4v) is 3.84. The van der Waals surface area contributed by atoms with Gasteiger partial charge < -0.3 is 4.42 Å². The number of hydrogen-bond acceptors (Lipinski definition) is 2. The standard InChI is InChI=1S/C28H25NO/c1-18(2)14-22-15-26(29-17-19(22)3)25-11-7-10-24-23-13-12-21(16-27(23)30-28(24)25)20-8-5-4-6-9-20/h4-13,15-18H,14H2,1-3H3/i3D3,14D2. The normalized spacial score (nSPS) is 15.0. The van der Waals surface area contributed by atoms with Crippen molar-refractivity contribution in [2.45, 2.75) is 27.1 Å². The molecule has 2 nitrogen and oxygen atoms in total. The van der Waals surface area contributed by atoms with E-state index in [2.05, 4.69) is 23.2 Å². The zero-order valence-electron chi connectivity index (χ0n) is 21.9. The van der Waals surface area contributed by atoms with Crippen LogP contribution in [0.3, 0.4) is 0 Å². The minimum absolute atomic E-state index is 0.0655. The summed E-state index contributed by atoms with van der Waals surface area (Å²) in [6.07, 6.45) is -0.555. The van der Waals surface area contributed by atoms with Gasteiger partial charge in [0.15, 0.2) is 0 Å². The summed E-state index contributed by atoms with van der Waals surface area (Å²) in [4.78, 5) is 4.45. The predicted octanol–water partition coefficient (Wildman–Crippen LogP) is 7.82. The molecule has 0 aliphatic carbocycles. The Morgan fingerprint density at radius 2 is 1.80 bits per heavy atom. The Labute approximate surface area is 184 Å². The van der Waals surface area contributed by atoms with E-state index in [1.165, 1.54) is 6.20 Å². The van der Waals surface area contributed by atoms with Crippen molar-refractivity contribution >= 4 is 21.9 Å². The van der Waals surface area contributed by atoms with Crippen LogP contribution in [0.1, 0.15) is 31.8 Å². The van der Waals surface area contributed by atoms with Gasteiger partial charge in [-0.2, -0.15) is 0 Å². The zero-order chi connectivity index (χ0) is 25.0. The molecule has 30 heavy (non-hydrogen) atoms. The predicted molar refractivity (Wildman–Crippen MR) is 126 cm³/mol. The van der Waals surface area contributed by atoms with Gasteiger partial charge >= 0.3 is 0 Å². The molecule has 2 heteroatoms. The van der Waals surface area contributed by atoms with Crippen LogP contribution in [-0.2, 0) is 6.37 Å². The molecule has 0 bridgehead atoms. The van der Waals surface area contributed by atoms with Crippen LogP contribution in [0, 0.1) is 12.8 Å². The zero-order valence-corrected chi connectivity index (χ0v) is 16.9.